The van der Waals surface area contributed by atoms with Gasteiger partial charge in [-0.1, -0.05) is 6.92 Å². The highest BCUT2D eigenvalue weighted by atomic mass is 19.3. The Morgan fingerprint density at radius 3 is 2.12 bits per heavy atom. The van der Waals surface area contributed by atoms with E-state index in [9.17, 15) is 26.7 Å². The molecule has 1 heterocycles. The summed E-state index contributed by atoms with van der Waals surface area (Å²) in [6, 6.07) is 0. The van der Waals surface area contributed by atoms with Gasteiger partial charge in [0.25, 0.3) is 0 Å². The molecule has 0 saturated carbocycles. The lowest BCUT2D eigenvalue weighted by Gasteiger charge is -2.24. The highest BCUT2D eigenvalue weighted by Gasteiger charge is 2.66. The van der Waals surface area contributed by atoms with Crippen LogP contribution in [0.4, 0.5) is 22.0 Å². The van der Waals surface area contributed by atoms with Crippen LogP contribution in [0.1, 0.15) is 20.8 Å². The van der Waals surface area contributed by atoms with Gasteiger partial charge in [0.1, 0.15) is 0 Å². The van der Waals surface area contributed by atoms with Crippen molar-refractivity contribution in [1.82, 2.24) is 0 Å². The van der Waals surface area contributed by atoms with Crippen LogP contribution in [-0.4, -0.2) is 23.9 Å². The van der Waals surface area contributed by atoms with Crippen molar-refractivity contribution in [2.45, 2.75) is 38.7 Å². The van der Waals surface area contributed by atoms with E-state index in [-0.39, 0.29) is 5.57 Å². The topological polar surface area (TPSA) is 26.3 Å². The lowest BCUT2D eigenvalue weighted by atomic mass is 9.94. The van der Waals surface area contributed by atoms with Crippen LogP contribution in [0.15, 0.2) is 11.4 Å². The van der Waals surface area contributed by atoms with Crippen LogP contribution in [0, 0.1) is 5.92 Å². The maximum atomic E-state index is 13.5. The summed E-state index contributed by atoms with van der Waals surface area (Å²) in [7, 11) is 0. The average Bonchev–Trinajstić information content (AvgIpc) is 2.41. The third kappa shape index (κ3) is 2.02. The van der Waals surface area contributed by atoms with Gasteiger partial charge < -0.3 is 4.74 Å². The summed E-state index contributed by atoms with van der Waals surface area (Å²) >= 11 is 0. The number of halogens is 5. The molecule has 1 saturated heterocycles. The Kier molecular flexibility index (Phi) is 3.24. The third-order valence-electron chi connectivity index (χ3n) is 2.62. The molecule has 0 aromatic rings. The smallest absolute Gasteiger partial charge is 0.377 e. The minimum atomic E-state index is -4.24. The van der Waals surface area contributed by atoms with Crippen molar-refractivity contribution in [3.8, 4) is 0 Å². The van der Waals surface area contributed by atoms with Crippen molar-refractivity contribution in [3.05, 3.63) is 11.4 Å². The van der Waals surface area contributed by atoms with E-state index < -0.39 is 35.7 Å². The molecule has 0 amide bonds. The Morgan fingerprint density at radius 1 is 1.35 bits per heavy atom. The summed E-state index contributed by atoms with van der Waals surface area (Å²) in [5.74, 6) is -14.2. The number of rotatable bonds is 2. The van der Waals surface area contributed by atoms with E-state index in [1.54, 1.807) is 0 Å². The van der Waals surface area contributed by atoms with Gasteiger partial charge in [-0.3, -0.25) is 0 Å². The molecule has 0 aromatic heterocycles. The molecule has 98 valence electrons. The van der Waals surface area contributed by atoms with Crippen molar-refractivity contribution >= 4 is 5.97 Å². The van der Waals surface area contributed by atoms with E-state index in [1.807, 2.05) is 0 Å². The average molecular weight is 258 g/mol. The van der Waals surface area contributed by atoms with Gasteiger partial charge in [0.2, 0.25) is 0 Å². The van der Waals surface area contributed by atoms with Gasteiger partial charge in [-0.25, -0.2) is 9.18 Å². The fourth-order valence-corrected chi connectivity index (χ4v) is 1.52. The quantitative estimate of drug-likeness (QED) is 0.562. The fourth-order valence-electron chi connectivity index (χ4n) is 1.52. The highest BCUT2D eigenvalue weighted by molar-refractivity contribution is 5.80. The molecule has 1 aliphatic rings. The summed E-state index contributed by atoms with van der Waals surface area (Å²) in [5.41, 5.74) is -0.353. The molecular weight excluding hydrogens is 247 g/mol. The summed E-state index contributed by atoms with van der Waals surface area (Å²) in [6.45, 7) is 2.87. The molecule has 0 N–H and O–H groups in total. The lowest BCUT2D eigenvalue weighted by molar-refractivity contribution is -0.166. The fraction of sp³-hybridized carbons (Fsp3) is 0.700. The van der Waals surface area contributed by atoms with E-state index in [4.69, 9.17) is 0 Å². The normalized spacial score (nSPS) is 27.9. The van der Waals surface area contributed by atoms with E-state index in [1.165, 1.54) is 0 Å². The second kappa shape index (κ2) is 3.96. The number of hydrogen-bond donors (Lipinski definition) is 0. The first-order chi connectivity index (χ1) is 7.52. The van der Waals surface area contributed by atoms with Crippen LogP contribution in [0.3, 0.4) is 0 Å². The van der Waals surface area contributed by atoms with Crippen molar-refractivity contribution in [2.75, 3.05) is 0 Å². The van der Waals surface area contributed by atoms with Crippen molar-refractivity contribution in [2.24, 2.45) is 5.92 Å². The van der Waals surface area contributed by atoms with E-state index in [2.05, 4.69) is 4.74 Å². The number of esters is 1. The molecule has 0 spiro atoms. The molecule has 0 aliphatic carbocycles. The number of hydrogen-bond acceptors (Lipinski definition) is 2. The minimum Gasteiger partial charge on any atom is -0.450 e. The first-order valence-corrected chi connectivity index (χ1v) is 4.83. The standard InChI is InChI=1S/C10H11F5O2/c1-4(2)6(11)10(14,15)7-5(3)9(12,13)8(16)17-7/h5,7H,1-3H3/t5-,7+/m1/s1. The van der Waals surface area contributed by atoms with Crippen LogP contribution in [-0.2, 0) is 9.53 Å². The van der Waals surface area contributed by atoms with E-state index >= 15 is 0 Å². The van der Waals surface area contributed by atoms with Crippen molar-refractivity contribution in [3.63, 3.8) is 0 Å². The number of carbonyl (C=O) groups excluding carboxylic acids is 1. The first-order valence-electron chi connectivity index (χ1n) is 4.83. The van der Waals surface area contributed by atoms with Crippen molar-refractivity contribution in [1.29, 1.82) is 0 Å². The molecule has 0 radical (unpaired) electrons. The molecule has 2 nitrogen and oxygen atoms in total. The third-order valence-corrected chi connectivity index (χ3v) is 2.62. The second-order valence-corrected chi connectivity index (χ2v) is 4.17. The monoisotopic (exact) mass is 258 g/mol. The largest absolute Gasteiger partial charge is 0.450 e. The van der Waals surface area contributed by atoms with Crippen LogP contribution in [0.25, 0.3) is 0 Å². The van der Waals surface area contributed by atoms with Gasteiger partial charge in [-0.2, -0.15) is 17.6 Å². The zero-order valence-electron chi connectivity index (χ0n) is 9.36. The van der Waals surface area contributed by atoms with Gasteiger partial charge in [0.15, 0.2) is 11.9 Å². The van der Waals surface area contributed by atoms with Crippen LogP contribution in [0.2, 0.25) is 0 Å². The Hall–Kier alpha value is -1.14. The SMILES string of the molecule is CC(C)=C(F)C(F)(F)[C@H]1OC(=O)C(F)(F)[C@@H]1C. The lowest BCUT2D eigenvalue weighted by Crippen LogP contribution is -2.41. The van der Waals surface area contributed by atoms with Crippen LogP contribution in [0.5, 0.6) is 0 Å². The molecule has 7 heteroatoms. The van der Waals surface area contributed by atoms with Gasteiger partial charge >= 0.3 is 17.8 Å². The number of ether oxygens (including phenoxy) is 1. The van der Waals surface area contributed by atoms with Crippen LogP contribution >= 0.6 is 0 Å². The number of alkyl halides is 4. The first kappa shape index (κ1) is 13.9. The molecule has 0 bridgehead atoms. The van der Waals surface area contributed by atoms with Crippen LogP contribution < -0.4 is 0 Å². The highest BCUT2D eigenvalue weighted by Crippen LogP contribution is 2.46. The zero-order chi connectivity index (χ0) is 13.6. The van der Waals surface area contributed by atoms with Gasteiger partial charge in [-0.05, 0) is 19.4 Å². The molecule has 17 heavy (non-hydrogen) atoms. The maximum Gasteiger partial charge on any atom is 0.377 e. The Morgan fingerprint density at radius 2 is 1.82 bits per heavy atom. The maximum absolute atomic E-state index is 13.5. The molecular formula is C10H11F5O2. The zero-order valence-corrected chi connectivity index (χ0v) is 9.36. The number of carbonyl (C=O) groups is 1. The van der Waals surface area contributed by atoms with E-state index in [0.29, 0.717) is 0 Å². The molecule has 1 fully saturated rings. The Balaban J connectivity index is 3.12. The number of allylic oxidation sites excluding steroid dienone is 1. The molecule has 0 aromatic carbocycles. The summed E-state index contributed by atoms with van der Waals surface area (Å²) in [5, 5.41) is 0. The van der Waals surface area contributed by atoms with Gasteiger partial charge in [0.05, 0.1) is 5.92 Å². The predicted molar refractivity (Wildman–Crippen MR) is 48.4 cm³/mol. The molecule has 1 aliphatic heterocycles. The predicted octanol–water partition coefficient (Wildman–Crippen LogP) is 3.08. The Labute approximate surface area is 94.4 Å². The van der Waals surface area contributed by atoms with Crippen molar-refractivity contribution < 1.29 is 31.5 Å². The molecule has 2 atom stereocenters. The van der Waals surface area contributed by atoms with E-state index in [0.717, 1.165) is 20.8 Å². The Bertz CT molecular complexity index is 371. The molecule has 1 rings (SSSR count). The van der Waals surface area contributed by atoms with Gasteiger partial charge in [-0.15, -0.1) is 0 Å². The summed E-state index contributed by atoms with van der Waals surface area (Å²) < 4.78 is 70.2. The van der Waals surface area contributed by atoms with Gasteiger partial charge in [0, 0.05) is 0 Å². The minimum absolute atomic E-state index is 0.353. The summed E-state index contributed by atoms with van der Waals surface area (Å²) in [6.07, 6.45) is -2.49. The number of cyclic esters (lactones) is 1. The molecule has 0 unspecified atom stereocenters. The summed E-state index contributed by atoms with van der Waals surface area (Å²) in [4.78, 5) is 10.7. The second-order valence-electron chi connectivity index (χ2n) is 4.17.